The normalized spacial score (nSPS) is 14.0. The van der Waals surface area contributed by atoms with E-state index < -0.39 is 29.2 Å². The zero-order valence-corrected chi connectivity index (χ0v) is 82.9. The summed E-state index contributed by atoms with van der Waals surface area (Å²) in [5, 5.41) is 36.4. The number of β-amino-alcohol motifs (C(OH)–C–C–N with tert-alkyl or cyclic N) is 1. The lowest BCUT2D eigenvalue weighted by Crippen LogP contribution is -2.44. The van der Waals surface area contributed by atoms with Gasteiger partial charge in [-0.1, -0.05) is 46.9 Å². The van der Waals surface area contributed by atoms with E-state index in [4.69, 9.17) is 49.7 Å². The van der Waals surface area contributed by atoms with E-state index in [-0.39, 0.29) is 35.9 Å². The van der Waals surface area contributed by atoms with Crippen LogP contribution in [0.3, 0.4) is 0 Å². The van der Waals surface area contributed by atoms with Gasteiger partial charge in [-0.2, -0.15) is 28.5 Å². The van der Waals surface area contributed by atoms with Gasteiger partial charge >= 0.3 is 6.18 Å². The molecule has 0 saturated carbocycles. The van der Waals surface area contributed by atoms with Gasteiger partial charge in [-0.3, -0.25) is 34.0 Å². The summed E-state index contributed by atoms with van der Waals surface area (Å²) < 4.78 is 110. The number of likely N-dealkylation sites (N-methyl/N-ethyl adjacent to an activating group) is 1. The first-order valence-corrected chi connectivity index (χ1v) is 49.6. The quantitative estimate of drug-likeness (QED) is 0.0597. The summed E-state index contributed by atoms with van der Waals surface area (Å²) in [6.07, 6.45) is 31.6. The number of alkyl halides is 3. The summed E-state index contributed by atoms with van der Waals surface area (Å²) in [7, 11) is 3.91. The first kappa shape index (κ1) is 101. The SMILES string of the molecule is CN1CCN(c2ccc(-c3cncc(-c4cc(-c5cc(Cl)ccc5F)nc5ncccc45)c3)cc2)CC1.COCCN1CCC(n2cc(-c3cncc(-c4cc(-c5cc(Cl)ccc5F)nc5ncccc45)c3)cn2)CC1.OCCN1CCC(n2cc(-c3cncc(-c4cc(-c5cc(Cl)ccc5F)nc5ncccc45)c3)cn2)CC1.OCCn1cc(-c2cncc(-c3cc(-c4cc(C(F)(F)F)ccc4F)nc4ncccc34)c2)cn1. The van der Waals surface area contributed by atoms with Gasteiger partial charge in [0.05, 0.1) is 85.4 Å². The maximum Gasteiger partial charge on any atom is 0.416 e. The zero-order valence-electron chi connectivity index (χ0n) is 80.7. The molecule has 0 bridgehead atoms. The molecule has 0 spiro atoms. The number of aliphatic hydroxyl groups is 2. The molecule has 0 radical (unpaired) electrons. The highest BCUT2D eigenvalue weighted by atomic mass is 35.5. The number of pyridine rings is 12. The molecule has 0 aliphatic carbocycles. The summed E-state index contributed by atoms with van der Waals surface area (Å²) >= 11 is 18.5. The molecule has 0 amide bonds. The Morgan fingerprint density at radius 1 is 0.342 bits per heavy atom. The number of aliphatic hydroxyl groups excluding tert-OH is 2. The van der Waals surface area contributed by atoms with Crippen molar-refractivity contribution in [1.82, 2.24) is 104 Å². The lowest BCUT2D eigenvalue weighted by atomic mass is 9.98. The molecule has 18 heterocycles. The second kappa shape index (κ2) is 45.5. The molecular formula is C114H96Cl3F7N22O3. The predicted octanol–water partition coefficient (Wildman–Crippen LogP) is 23.9. The van der Waals surface area contributed by atoms with Crippen LogP contribution < -0.4 is 4.90 Å². The molecule has 0 atom stereocenters. The number of benzene rings is 5. The molecule has 15 aromatic heterocycles. The summed E-state index contributed by atoms with van der Waals surface area (Å²) in [6, 6.07) is 55.3. The van der Waals surface area contributed by atoms with E-state index in [0.717, 1.165) is 204 Å². The average molecular weight is 2060 g/mol. The Morgan fingerprint density at radius 2 is 0.685 bits per heavy atom. The van der Waals surface area contributed by atoms with Crippen LogP contribution in [0.15, 0.2) is 306 Å². The van der Waals surface area contributed by atoms with Crippen LogP contribution in [-0.4, -0.2) is 213 Å². The first-order chi connectivity index (χ1) is 72.5. The Balaban J connectivity index is 0.000000120. The Hall–Kier alpha value is -15.5. The topological polar surface area (TPSA) is 271 Å². The summed E-state index contributed by atoms with van der Waals surface area (Å²) in [5.41, 5.74) is 18.2. The third kappa shape index (κ3) is 23.3. The highest BCUT2D eigenvalue weighted by Gasteiger charge is 2.33. The maximum atomic E-state index is 14.8. The number of anilines is 1. The lowest BCUT2D eigenvalue weighted by Gasteiger charge is -2.34. The van der Waals surface area contributed by atoms with Crippen LogP contribution in [0, 0.1) is 23.3 Å². The molecule has 35 heteroatoms. The second-order valence-corrected chi connectivity index (χ2v) is 37.8. The van der Waals surface area contributed by atoms with E-state index in [0.29, 0.717) is 107 Å². The van der Waals surface area contributed by atoms with Gasteiger partial charge < -0.3 is 34.5 Å². The third-order valence-corrected chi connectivity index (χ3v) is 27.5. The van der Waals surface area contributed by atoms with Crippen molar-refractivity contribution < 1.29 is 45.7 Å². The van der Waals surface area contributed by atoms with Crippen LogP contribution in [0.5, 0.6) is 0 Å². The van der Waals surface area contributed by atoms with Crippen LogP contribution in [-0.2, 0) is 17.5 Å². The molecule has 2 N–H and O–H groups in total. The Kier molecular flexibility index (Phi) is 30.8. The summed E-state index contributed by atoms with van der Waals surface area (Å²) in [5.74, 6) is -2.00. The number of nitrogens with zero attached hydrogens (tertiary/aromatic N) is 22. The van der Waals surface area contributed by atoms with Gasteiger partial charge in [0.15, 0.2) is 22.6 Å². The highest BCUT2D eigenvalue weighted by Crippen LogP contribution is 2.43. The van der Waals surface area contributed by atoms with Crippen molar-refractivity contribution in [3.8, 4) is 134 Å². The lowest BCUT2D eigenvalue weighted by molar-refractivity contribution is -0.137. The minimum absolute atomic E-state index is 0.0240. The van der Waals surface area contributed by atoms with E-state index in [1.54, 1.807) is 97.8 Å². The molecule has 3 saturated heterocycles. The standard InChI is InChI=1S/C30H28ClFN6O.C30H25ClFN5.C29H26ClFN6O.C25H17F4N5O/c1-39-12-11-37-9-6-24(7-10-37)38-19-22(18-35-38)20-13-21(17-33-16-20)26-15-29(27-14-23(31)4-5-28(27)32)36-30-25(26)3-2-8-34-30;1-36-11-13-37(14-12-36)24-7-4-20(5-8-24)21-15-22(19-33-18-21)26-17-29(27-16-23(31)6-9-28(27)32)35-30-25(26)3-2-10-34-30;30-22-3-4-27(31)26(13-22)28-14-25(24-2-1-7-33-29(24)35-28)20-12-19(15-32-16-20)21-17-34-37(18-21)23-5-8-36(9-6-23)10-11-38;26-22-4-3-18(25(27,28)29)9-21(22)23-10-20(19-2-1-5-31-24(19)33-23)16-8-15(11-30-12-16)17-13-32-34(14-17)6-7-35/h2-5,8,13-19,24H,6-7,9-12H2,1H3;2-10,15-19H,11-14H2,1H3;1-4,7,12-18,23,38H,5-6,8-11H2;1-5,8-14,35H,6-7H2. The van der Waals surface area contributed by atoms with Crippen LogP contribution >= 0.6 is 34.8 Å². The molecule has 23 rings (SSSR count). The van der Waals surface area contributed by atoms with Gasteiger partial charge in [-0.05, 0) is 243 Å². The number of fused-ring (bicyclic) bond motifs is 4. The van der Waals surface area contributed by atoms with Crippen molar-refractivity contribution in [2.24, 2.45) is 0 Å². The van der Waals surface area contributed by atoms with Crippen molar-refractivity contribution >= 4 is 84.6 Å². The van der Waals surface area contributed by atoms with Crippen LogP contribution in [0.25, 0.3) is 178 Å². The maximum absolute atomic E-state index is 14.8. The molecule has 3 fully saturated rings. The van der Waals surface area contributed by atoms with Crippen molar-refractivity contribution in [2.45, 2.75) is 50.5 Å². The van der Waals surface area contributed by atoms with Crippen LogP contribution in [0.2, 0.25) is 15.1 Å². The number of piperidine rings is 2. The Labute approximate surface area is 867 Å². The number of methoxy groups -OCH3 is 1. The zero-order chi connectivity index (χ0) is 103. The summed E-state index contributed by atoms with van der Waals surface area (Å²) in [6.45, 7) is 11.1. The number of rotatable bonds is 22. The van der Waals surface area contributed by atoms with E-state index in [1.807, 2.05) is 109 Å². The fourth-order valence-corrected chi connectivity index (χ4v) is 19.4. The molecule has 20 aromatic rings. The fraction of sp³-hybridized carbons (Fsp3) is 0.202. The number of ether oxygens (including phenoxy) is 1. The van der Waals surface area contributed by atoms with Crippen LogP contribution in [0.4, 0.5) is 36.4 Å². The van der Waals surface area contributed by atoms with Gasteiger partial charge in [0.25, 0.3) is 0 Å². The third-order valence-electron chi connectivity index (χ3n) is 26.8. The van der Waals surface area contributed by atoms with Crippen molar-refractivity contribution in [1.29, 1.82) is 0 Å². The minimum atomic E-state index is -4.63. The van der Waals surface area contributed by atoms with E-state index in [2.05, 4.69) is 156 Å². The Bertz CT molecular complexity index is 8230. The first-order valence-electron chi connectivity index (χ1n) is 48.5. The van der Waals surface area contributed by atoms with Gasteiger partial charge in [0.1, 0.15) is 23.3 Å². The van der Waals surface area contributed by atoms with Gasteiger partial charge in [0, 0.05) is 291 Å². The van der Waals surface area contributed by atoms with Gasteiger partial charge in [-0.15, -0.1) is 0 Å². The molecule has 149 heavy (non-hydrogen) atoms. The molecule has 750 valence electrons. The van der Waals surface area contributed by atoms with E-state index in [9.17, 15) is 35.8 Å². The number of likely N-dealkylation sites (tertiary alicyclic amines) is 2. The molecule has 0 unspecified atom stereocenters. The molecule has 25 nitrogen and oxygen atoms in total. The Morgan fingerprint density at radius 3 is 1.05 bits per heavy atom. The predicted molar refractivity (Wildman–Crippen MR) is 567 cm³/mol. The van der Waals surface area contributed by atoms with Crippen molar-refractivity contribution in [3.63, 3.8) is 0 Å². The molecule has 3 aliphatic rings. The van der Waals surface area contributed by atoms with E-state index >= 15 is 0 Å². The fourth-order valence-electron chi connectivity index (χ4n) is 18.9. The van der Waals surface area contributed by atoms with Gasteiger partial charge in [-0.25, -0.2) is 57.4 Å². The van der Waals surface area contributed by atoms with Crippen molar-refractivity contribution in [2.75, 3.05) is 104 Å². The average Bonchev–Trinajstić information content (AvgIpc) is 1.42. The summed E-state index contributed by atoms with van der Waals surface area (Å²) in [4.78, 5) is 63.3. The monoisotopic (exact) mass is 2060 g/mol. The van der Waals surface area contributed by atoms with E-state index in [1.165, 1.54) is 48.3 Å². The largest absolute Gasteiger partial charge is 0.416 e. The van der Waals surface area contributed by atoms with Crippen LogP contribution in [0.1, 0.15) is 43.3 Å². The number of aromatic nitrogens is 18. The minimum Gasteiger partial charge on any atom is -0.395 e. The second-order valence-electron chi connectivity index (χ2n) is 36.5. The molecule has 5 aromatic carbocycles. The number of hydrogen-bond acceptors (Lipinski definition) is 22. The molecular weight excluding hydrogens is 1960 g/mol. The number of hydrogen-bond donors (Lipinski definition) is 2. The number of halogens is 10. The number of piperazine rings is 1. The molecule has 3 aliphatic heterocycles. The van der Waals surface area contributed by atoms with Gasteiger partial charge in [0.2, 0.25) is 0 Å². The highest BCUT2D eigenvalue weighted by molar-refractivity contribution is 6.31. The van der Waals surface area contributed by atoms with Crippen molar-refractivity contribution in [3.05, 3.63) is 350 Å². The smallest absolute Gasteiger partial charge is 0.395 e.